The van der Waals surface area contributed by atoms with Crippen LogP contribution in [0.5, 0.6) is 0 Å². The van der Waals surface area contributed by atoms with Gasteiger partial charge in [-0.15, -0.1) is 0 Å². The van der Waals surface area contributed by atoms with Crippen molar-refractivity contribution < 1.29 is 12.8 Å². The molecule has 4 nitrogen and oxygen atoms in total. The van der Waals surface area contributed by atoms with Crippen LogP contribution in [0.15, 0.2) is 23.3 Å². The number of rotatable bonds is 6. The summed E-state index contributed by atoms with van der Waals surface area (Å²) in [5, 5.41) is 4.22. The molecule has 4 saturated carbocycles. The van der Waals surface area contributed by atoms with E-state index in [-0.39, 0.29) is 29.5 Å². The summed E-state index contributed by atoms with van der Waals surface area (Å²) in [5.74, 6) is 4.17. The number of allylic oxidation sites excluding steroid dienone is 4. The molecule has 0 aromatic rings. The van der Waals surface area contributed by atoms with Gasteiger partial charge in [-0.05, 0) is 145 Å². The number of fused-ring (bicyclic) bond motifs is 7. The third-order valence-corrected chi connectivity index (χ3v) is 18.6. The number of hydrogen-bond acceptors (Lipinski definition) is 4. The number of nitrogens with zero attached hydrogens (tertiary/aromatic N) is 1. The van der Waals surface area contributed by atoms with Gasteiger partial charge >= 0.3 is 0 Å². The maximum absolute atomic E-state index is 13.4. The topological polar surface area (TPSA) is 49.4 Å². The SMILES string of the molecule is CC1CN(CCNC23CCCC2C2CCC4C5(C)CC=C(C6=CCC(CF)CC6)C(C)(C)C5CCC4(C)[C@]2(C)CC3)CCS(=O)(=O)C1. The molecule has 5 fully saturated rings. The van der Waals surface area contributed by atoms with Gasteiger partial charge in [-0.25, -0.2) is 8.42 Å². The Bertz CT molecular complexity index is 1370. The van der Waals surface area contributed by atoms with E-state index in [1.807, 2.05) is 0 Å². The largest absolute Gasteiger partial charge is 0.310 e. The smallest absolute Gasteiger partial charge is 0.151 e. The first kappa shape index (κ1) is 34.7. The summed E-state index contributed by atoms with van der Waals surface area (Å²) < 4.78 is 38.1. The van der Waals surface area contributed by atoms with Crippen LogP contribution in [0, 0.1) is 57.2 Å². The minimum atomic E-state index is -2.91. The maximum Gasteiger partial charge on any atom is 0.151 e. The van der Waals surface area contributed by atoms with Gasteiger partial charge in [-0.3, -0.25) is 4.39 Å². The number of sulfone groups is 1. The molecule has 9 unspecified atom stereocenters. The zero-order valence-corrected chi connectivity index (χ0v) is 31.6. The first-order valence-corrected chi connectivity index (χ1v) is 21.6. The Labute approximate surface area is 287 Å². The van der Waals surface area contributed by atoms with Gasteiger partial charge in [0, 0.05) is 31.7 Å². The molecule has 0 aromatic heterocycles. The summed E-state index contributed by atoms with van der Waals surface area (Å²) >= 11 is 0. The molecule has 0 aromatic carbocycles. The van der Waals surface area contributed by atoms with Crippen molar-refractivity contribution in [1.82, 2.24) is 10.2 Å². The minimum Gasteiger partial charge on any atom is -0.310 e. The Morgan fingerprint density at radius 2 is 1.72 bits per heavy atom. The van der Waals surface area contributed by atoms with Crippen LogP contribution >= 0.6 is 0 Å². The normalized spacial score (nSPS) is 47.8. The van der Waals surface area contributed by atoms with E-state index in [0.717, 1.165) is 56.7 Å². The molecule has 47 heavy (non-hydrogen) atoms. The highest BCUT2D eigenvalue weighted by Crippen LogP contribution is 2.76. The molecule has 10 atom stereocenters. The van der Waals surface area contributed by atoms with E-state index >= 15 is 0 Å². The first-order valence-electron chi connectivity index (χ1n) is 19.8. The van der Waals surface area contributed by atoms with Gasteiger partial charge in [-0.1, -0.05) is 60.1 Å². The first-order chi connectivity index (χ1) is 22.2. The molecule has 1 N–H and O–H groups in total. The summed E-state index contributed by atoms with van der Waals surface area (Å²) in [6.45, 7) is 18.8. The summed E-state index contributed by atoms with van der Waals surface area (Å²) in [7, 11) is -2.91. The van der Waals surface area contributed by atoms with Gasteiger partial charge in [0.05, 0.1) is 18.2 Å². The second-order valence-corrected chi connectivity index (χ2v) is 21.6. The average Bonchev–Trinajstić information content (AvgIpc) is 3.38. The maximum atomic E-state index is 13.4. The third-order valence-electron chi connectivity index (χ3n) is 16.8. The molecule has 1 aliphatic heterocycles. The van der Waals surface area contributed by atoms with Crippen LogP contribution in [-0.4, -0.2) is 63.2 Å². The molecule has 6 aliphatic carbocycles. The minimum absolute atomic E-state index is 0.169. The Balaban J connectivity index is 1.08. The molecule has 1 saturated heterocycles. The summed E-state index contributed by atoms with van der Waals surface area (Å²) in [4.78, 5) is 2.41. The Kier molecular flexibility index (Phi) is 9.02. The predicted octanol–water partition coefficient (Wildman–Crippen LogP) is 8.78. The van der Waals surface area contributed by atoms with Crippen molar-refractivity contribution in [3.05, 3.63) is 23.3 Å². The molecular formula is C41H67FN2O2S. The van der Waals surface area contributed by atoms with Crippen LogP contribution in [0.4, 0.5) is 4.39 Å². The van der Waals surface area contributed by atoms with Gasteiger partial charge in [0.25, 0.3) is 0 Å². The van der Waals surface area contributed by atoms with E-state index in [1.54, 1.807) is 11.1 Å². The second kappa shape index (κ2) is 12.2. The lowest BCUT2D eigenvalue weighted by molar-refractivity contribution is -0.218. The Morgan fingerprint density at radius 1 is 0.915 bits per heavy atom. The highest BCUT2D eigenvalue weighted by Gasteiger charge is 2.69. The molecule has 0 radical (unpaired) electrons. The summed E-state index contributed by atoms with van der Waals surface area (Å²) in [5.41, 5.74) is 4.70. The number of nitrogens with one attached hydrogen (secondary N) is 1. The fourth-order valence-corrected chi connectivity index (χ4v) is 16.0. The van der Waals surface area contributed by atoms with E-state index in [4.69, 9.17) is 0 Å². The van der Waals surface area contributed by atoms with Gasteiger partial charge < -0.3 is 10.2 Å². The number of halogens is 1. The standard InChI is InChI=1S/C41H67FN2O2S/c1-29-27-44(24-25-47(45,46)28-29)23-22-43-41-17-7-8-34(41)33-13-14-36-38(4)18-15-32(31-11-9-30(26-42)10-12-31)37(2,3)35(38)16-19-40(36,6)39(33,5)20-21-41/h11,15,29-30,33-36,43H,7-10,12-14,16-28H2,1-6H3/t29?,30?,33?,34?,35?,36?,38?,39-,40?,41?/m1/s1. The monoisotopic (exact) mass is 670 g/mol. The van der Waals surface area contributed by atoms with Gasteiger partial charge in [0.1, 0.15) is 0 Å². The van der Waals surface area contributed by atoms with E-state index in [0.29, 0.717) is 40.2 Å². The Morgan fingerprint density at radius 3 is 2.47 bits per heavy atom. The van der Waals surface area contributed by atoms with E-state index in [9.17, 15) is 12.8 Å². The molecule has 7 rings (SSSR count). The number of alkyl halides is 1. The zero-order valence-electron chi connectivity index (χ0n) is 30.8. The molecule has 0 spiro atoms. The van der Waals surface area contributed by atoms with Gasteiger partial charge in [0.15, 0.2) is 9.84 Å². The average molecular weight is 671 g/mol. The lowest BCUT2D eigenvalue weighted by Gasteiger charge is -2.72. The van der Waals surface area contributed by atoms with Gasteiger partial charge in [-0.2, -0.15) is 0 Å². The second-order valence-electron chi connectivity index (χ2n) is 19.3. The lowest BCUT2D eigenvalue weighted by atomic mass is 9.33. The van der Waals surface area contributed by atoms with Crippen LogP contribution in [0.3, 0.4) is 0 Å². The molecular weight excluding hydrogens is 604 g/mol. The fraction of sp³-hybridized carbons (Fsp3) is 0.902. The van der Waals surface area contributed by atoms with Crippen LogP contribution in [-0.2, 0) is 9.84 Å². The number of hydrogen-bond donors (Lipinski definition) is 1. The zero-order chi connectivity index (χ0) is 33.5. The molecule has 266 valence electrons. The van der Waals surface area contributed by atoms with E-state index < -0.39 is 9.84 Å². The molecule has 6 heteroatoms. The molecule has 0 amide bonds. The van der Waals surface area contributed by atoms with Crippen LogP contribution in [0.25, 0.3) is 0 Å². The van der Waals surface area contributed by atoms with Crippen molar-refractivity contribution in [2.24, 2.45) is 57.2 Å². The van der Waals surface area contributed by atoms with Crippen LogP contribution < -0.4 is 5.32 Å². The molecule has 0 bridgehead atoms. The quantitative estimate of drug-likeness (QED) is 0.307. The highest BCUT2D eigenvalue weighted by atomic mass is 32.2. The predicted molar refractivity (Wildman–Crippen MR) is 193 cm³/mol. The van der Waals surface area contributed by atoms with Crippen molar-refractivity contribution in [1.29, 1.82) is 0 Å². The highest BCUT2D eigenvalue weighted by molar-refractivity contribution is 7.91. The fourth-order valence-electron chi connectivity index (χ4n) is 14.3. The third kappa shape index (κ3) is 5.58. The van der Waals surface area contributed by atoms with Crippen molar-refractivity contribution >= 4 is 9.84 Å². The lowest BCUT2D eigenvalue weighted by Crippen LogP contribution is -2.67. The molecule has 1 heterocycles. The summed E-state index contributed by atoms with van der Waals surface area (Å²) in [6.07, 6.45) is 21.5. The van der Waals surface area contributed by atoms with Crippen molar-refractivity contribution in [3.8, 4) is 0 Å². The van der Waals surface area contributed by atoms with Gasteiger partial charge in [0.2, 0.25) is 0 Å². The molecule has 7 aliphatic rings. The summed E-state index contributed by atoms with van der Waals surface area (Å²) in [6, 6.07) is 0. The van der Waals surface area contributed by atoms with Crippen LogP contribution in [0.2, 0.25) is 0 Å². The van der Waals surface area contributed by atoms with E-state index in [2.05, 4.69) is 63.9 Å². The van der Waals surface area contributed by atoms with Crippen molar-refractivity contribution in [3.63, 3.8) is 0 Å². The van der Waals surface area contributed by atoms with Crippen LogP contribution in [0.1, 0.15) is 125 Å². The van der Waals surface area contributed by atoms with Crippen molar-refractivity contribution in [2.75, 3.05) is 44.4 Å². The van der Waals surface area contributed by atoms with E-state index in [1.165, 1.54) is 64.2 Å². The van der Waals surface area contributed by atoms with Crippen molar-refractivity contribution in [2.45, 2.75) is 131 Å². The Hall–Kier alpha value is -0.720.